The van der Waals surface area contributed by atoms with Crippen LogP contribution in [0.5, 0.6) is 23.0 Å². The van der Waals surface area contributed by atoms with E-state index in [9.17, 15) is 9.59 Å². The van der Waals surface area contributed by atoms with Crippen LogP contribution in [0.2, 0.25) is 0 Å². The van der Waals surface area contributed by atoms with Crippen LogP contribution in [0.25, 0.3) is 0 Å². The summed E-state index contributed by atoms with van der Waals surface area (Å²) in [4.78, 5) is 29.0. The summed E-state index contributed by atoms with van der Waals surface area (Å²) in [6.45, 7) is 1.03. The van der Waals surface area contributed by atoms with E-state index in [1.54, 1.807) is 30.7 Å². The molecule has 0 spiro atoms. The minimum Gasteiger partial charge on any atom is -0.497 e. The Morgan fingerprint density at radius 3 is 2.18 bits per heavy atom. The second-order valence-corrected chi connectivity index (χ2v) is 7.98. The fraction of sp³-hybridized carbons (Fsp3) is 0.292. The van der Waals surface area contributed by atoms with Gasteiger partial charge in [0, 0.05) is 30.1 Å². The molecule has 0 saturated carbocycles. The molecular formula is C24H27N3O6S. The largest absolute Gasteiger partial charge is 0.497 e. The number of amides is 2. The van der Waals surface area contributed by atoms with Gasteiger partial charge in [-0.3, -0.25) is 9.59 Å². The van der Waals surface area contributed by atoms with E-state index in [-0.39, 0.29) is 18.4 Å². The molecular weight excluding hydrogens is 458 g/mol. The minimum absolute atomic E-state index is 0.236. The minimum atomic E-state index is -0.274. The molecule has 0 saturated heterocycles. The Bertz CT molecular complexity index is 1100. The fourth-order valence-electron chi connectivity index (χ4n) is 2.98. The Hall–Kier alpha value is -3.79. The third-order valence-electron chi connectivity index (χ3n) is 4.74. The predicted octanol–water partition coefficient (Wildman–Crippen LogP) is 3.30. The van der Waals surface area contributed by atoms with Crippen LogP contribution >= 0.6 is 11.3 Å². The molecule has 9 nitrogen and oxygen atoms in total. The van der Waals surface area contributed by atoms with Crippen molar-refractivity contribution in [3.63, 3.8) is 0 Å². The van der Waals surface area contributed by atoms with Crippen LogP contribution in [0.15, 0.2) is 47.8 Å². The number of rotatable bonds is 12. The number of aromatic nitrogens is 1. The van der Waals surface area contributed by atoms with Gasteiger partial charge < -0.3 is 29.6 Å². The van der Waals surface area contributed by atoms with Gasteiger partial charge in [-0.2, -0.15) is 0 Å². The SMILES string of the molecule is COc1cc(OC)cc(C(=O)NCCCNC(=O)c2csc(COc3ccccc3OC)n2)c1. The highest BCUT2D eigenvalue weighted by atomic mass is 32.1. The van der Waals surface area contributed by atoms with Gasteiger partial charge in [0.2, 0.25) is 0 Å². The molecule has 3 rings (SSSR count). The maximum absolute atomic E-state index is 12.4. The molecule has 1 aromatic heterocycles. The van der Waals surface area contributed by atoms with E-state index in [4.69, 9.17) is 18.9 Å². The summed E-state index contributed by atoms with van der Waals surface area (Å²) in [5.41, 5.74) is 0.765. The smallest absolute Gasteiger partial charge is 0.270 e. The van der Waals surface area contributed by atoms with E-state index >= 15 is 0 Å². The van der Waals surface area contributed by atoms with Crippen molar-refractivity contribution in [1.82, 2.24) is 15.6 Å². The highest BCUT2D eigenvalue weighted by molar-refractivity contribution is 7.09. The lowest BCUT2D eigenvalue weighted by Gasteiger charge is -2.09. The van der Waals surface area contributed by atoms with Gasteiger partial charge in [0.25, 0.3) is 11.8 Å². The molecule has 1 heterocycles. The first-order valence-corrected chi connectivity index (χ1v) is 11.4. The Morgan fingerprint density at radius 2 is 1.53 bits per heavy atom. The van der Waals surface area contributed by atoms with E-state index in [0.29, 0.717) is 58.8 Å². The number of nitrogens with one attached hydrogen (secondary N) is 2. The van der Waals surface area contributed by atoms with Gasteiger partial charge in [-0.25, -0.2) is 4.98 Å². The number of ether oxygens (including phenoxy) is 4. The van der Waals surface area contributed by atoms with Crippen molar-refractivity contribution in [2.24, 2.45) is 0 Å². The highest BCUT2D eigenvalue weighted by Gasteiger charge is 2.12. The molecule has 0 bridgehead atoms. The number of para-hydroxylation sites is 2. The Morgan fingerprint density at radius 1 is 0.882 bits per heavy atom. The number of nitrogens with zero attached hydrogens (tertiary/aromatic N) is 1. The van der Waals surface area contributed by atoms with E-state index in [1.165, 1.54) is 25.6 Å². The molecule has 0 aliphatic rings. The van der Waals surface area contributed by atoms with Crippen LogP contribution in [0.4, 0.5) is 0 Å². The van der Waals surface area contributed by atoms with Crippen molar-refractivity contribution in [3.8, 4) is 23.0 Å². The zero-order valence-corrected chi connectivity index (χ0v) is 20.1. The van der Waals surface area contributed by atoms with Gasteiger partial charge in [-0.15, -0.1) is 11.3 Å². The summed E-state index contributed by atoms with van der Waals surface area (Å²) in [7, 11) is 4.63. The molecule has 2 amide bonds. The average Bonchev–Trinajstić information content (AvgIpc) is 3.36. The molecule has 10 heteroatoms. The summed E-state index contributed by atoms with van der Waals surface area (Å²) >= 11 is 1.35. The van der Waals surface area contributed by atoms with Gasteiger partial charge in [-0.1, -0.05) is 12.1 Å². The molecule has 0 fully saturated rings. The average molecular weight is 486 g/mol. The van der Waals surface area contributed by atoms with Gasteiger partial charge in [0.15, 0.2) is 11.5 Å². The Balaban J connectivity index is 1.40. The Kier molecular flexibility index (Phi) is 9.10. The summed E-state index contributed by atoms with van der Waals surface area (Å²) < 4.78 is 21.4. The summed E-state index contributed by atoms with van der Waals surface area (Å²) in [6, 6.07) is 12.3. The van der Waals surface area contributed by atoms with Gasteiger partial charge >= 0.3 is 0 Å². The number of carbonyl (C=O) groups is 2. The normalized spacial score (nSPS) is 10.3. The van der Waals surface area contributed by atoms with Gasteiger partial charge in [0.1, 0.15) is 28.8 Å². The van der Waals surface area contributed by atoms with Crippen LogP contribution in [-0.4, -0.2) is 51.2 Å². The van der Waals surface area contributed by atoms with Crippen molar-refractivity contribution in [2.75, 3.05) is 34.4 Å². The molecule has 0 unspecified atom stereocenters. The van der Waals surface area contributed by atoms with Crippen LogP contribution in [0, 0.1) is 0 Å². The molecule has 0 aliphatic carbocycles. The number of hydrogen-bond acceptors (Lipinski definition) is 8. The monoisotopic (exact) mass is 485 g/mol. The second-order valence-electron chi connectivity index (χ2n) is 7.03. The standard InChI is InChI=1S/C24H27N3O6S/c1-30-17-11-16(12-18(13-17)31-2)23(28)25-9-6-10-26-24(29)19-15-34-22(27-19)14-33-21-8-5-4-7-20(21)32-3/h4-5,7-8,11-13,15H,6,9-10,14H2,1-3H3,(H,25,28)(H,26,29). The van der Waals surface area contributed by atoms with Crippen molar-refractivity contribution >= 4 is 23.2 Å². The van der Waals surface area contributed by atoms with Gasteiger partial charge in [0.05, 0.1) is 21.3 Å². The van der Waals surface area contributed by atoms with E-state index in [0.717, 1.165) is 0 Å². The van der Waals surface area contributed by atoms with Crippen molar-refractivity contribution < 1.29 is 28.5 Å². The van der Waals surface area contributed by atoms with Crippen molar-refractivity contribution in [1.29, 1.82) is 0 Å². The first-order chi connectivity index (χ1) is 16.5. The second kappa shape index (κ2) is 12.4. The lowest BCUT2D eigenvalue weighted by Crippen LogP contribution is -2.30. The molecule has 2 N–H and O–H groups in total. The fourth-order valence-corrected chi connectivity index (χ4v) is 3.67. The maximum Gasteiger partial charge on any atom is 0.270 e. The van der Waals surface area contributed by atoms with Crippen LogP contribution in [0.3, 0.4) is 0 Å². The number of methoxy groups -OCH3 is 3. The first-order valence-electron chi connectivity index (χ1n) is 10.5. The predicted molar refractivity (Wildman–Crippen MR) is 128 cm³/mol. The quantitative estimate of drug-likeness (QED) is 0.379. The van der Waals surface area contributed by atoms with Gasteiger partial charge in [-0.05, 0) is 30.7 Å². The zero-order valence-electron chi connectivity index (χ0n) is 19.3. The summed E-state index contributed by atoms with van der Waals surface area (Å²) in [5.74, 6) is 1.79. The molecule has 0 radical (unpaired) electrons. The molecule has 34 heavy (non-hydrogen) atoms. The third-order valence-corrected chi connectivity index (χ3v) is 5.57. The molecule has 180 valence electrons. The van der Waals surface area contributed by atoms with E-state index < -0.39 is 0 Å². The topological polar surface area (TPSA) is 108 Å². The first kappa shape index (κ1) is 24.8. The molecule has 2 aromatic carbocycles. The lowest BCUT2D eigenvalue weighted by molar-refractivity contribution is 0.0948. The van der Waals surface area contributed by atoms with Crippen LogP contribution < -0.4 is 29.6 Å². The molecule has 3 aromatic rings. The number of thiazole rings is 1. The lowest BCUT2D eigenvalue weighted by atomic mass is 10.2. The summed E-state index contributed by atoms with van der Waals surface area (Å²) in [5, 5.41) is 7.99. The van der Waals surface area contributed by atoms with Crippen LogP contribution in [-0.2, 0) is 6.61 Å². The van der Waals surface area contributed by atoms with Crippen LogP contribution in [0.1, 0.15) is 32.3 Å². The molecule has 0 atom stereocenters. The number of carbonyl (C=O) groups excluding carboxylic acids is 2. The number of benzene rings is 2. The zero-order chi connectivity index (χ0) is 24.3. The van der Waals surface area contributed by atoms with Crippen molar-refractivity contribution in [2.45, 2.75) is 13.0 Å². The highest BCUT2D eigenvalue weighted by Crippen LogP contribution is 2.27. The molecule has 0 aliphatic heterocycles. The third kappa shape index (κ3) is 6.85. The van der Waals surface area contributed by atoms with E-state index in [2.05, 4.69) is 15.6 Å². The van der Waals surface area contributed by atoms with E-state index in [1.807, 2.05) is 24.3 Å². The Labute approximate surface area is 202 Å². The maximum atomic E-state index is 12.4. The number of hydrogen-bond donors (Lipinski definition) is 2. The van der Waals surface area contributed by atoms with Crippen molar-refractivity contribution in [3.05, 3.63) is 64.1 Å². The summed E-state index contributed by atoms with van der Waals surface area (Å²) in [6.07, 6.45) is 0.562.